The molecule has 0 saturated heterocycles. The Morgan fingerprint density at radius 1 is 0.846 bits per heavy atom. The summed E-state index contributed by atoms with van der Waals surface area (Å²) in [6, 6.07) is 0.179. The number of carbonyl (C=O) groups excluding carboxylic acids is 2. The van der Waals surface area contributed by atoms with Crippen molar-refractivity contribution in [2.45, 2.75) is 145 Å². The fourth-order valence-corrected chi connectivity index (χ4v) is 12.0. The summed E-state index contributed by atoms with van der Waals surface area (Å²) in [4.78, 5) is 26.1. The maximum atomic E-state index is 13.3. The van der Waals surface area contributed by atoms with E-state index in [0.29, 0.717) is 29.5 Å². The molecule has 4 nitrogen and oxygen atoms in total. The van der Waals surface area contributed by atoms with Gasteiger partial charge >= 0.3 is 6.09 Å². The van der Waals surface area contributed by atoms with E-state index in [2.05, 4.69) is 60.7 Å². The van der Waals surface area contributed by atoms with Gasteiger partial charge in [0.2, 0.25) is 0 Å². The second kappa shape index (κ2) is 8.84. The summed E-state index contributed by atoms with van der Waals surface area (Å²) in [6.07, 6.45) is 13.6. The maximum absolute atomic E-state index is 13.3. The van der Waals surface area contributed by atoms with Crippen molar-refractivity contribution in [1.82, 2.24) is 5.32 Å². The van der Waals surface area contributed by atoms with Crippen LogP contribution in [-0.4, -0.2) is 24.0 Å². The summed E-state index contributed by atoms with van der Waals surface area (Å²) in [5.74, 6) is 2.61. The van der Waals surface area contributed by atoms with Crippen LogP contribution in [0.1, 0.15) is 132 Å². The molecule has 0 bridgehead atoms. The summed E-state index contributed by atoms with van der Waals surface area (Å²) >= 11 is 0. The minimum Gasteiger partial charge on any atom is -0.446 e. The average molecular weight is 538 g/mol. The Morgan fingerprint density at radius 3 is 2.21 bits per heavy atom. The Hall–Kier alpha value is -1.32. The number of hydrogen-bond donors (Lipinski definition) is 1. The maximum Gasteiger partial charge on any atom is 0.407 e. The van der Waals surface area contributed by atoms with E-state index in [9.17, 15) is 9.59 Å². The summed E-state index contributed by atoms with van der Waals surface area (Å²) in [5, 5.41) is 3.34. The molecule has 0 radical (unpaired) electrons. The largest absolute Gasteiger partial charge is 0.446 e. The number of alkyl carbamates (subject to hydrolysis) is 1. The van der Waals surface area contributed by atoms with Crippen LogP contribution in [0.2, 0.25) is 0 Å². The fourth-order valence-electron chi connectivity index (χ4n) is 12.0. The zero-order valence-corrected chi connectivity index (χ0v) is 26.2. The Morgan fingerprint density at radius 2 is 1.56 bits per heavy atom. The summed E-state index contributed by atoms with van der Waals surface area (Å²) in [6.45, 7) is 19.7. The van der Waals surface area contributed by atoms with Crippen LogP contribution in [0.15, 0.2) is 11.1 Å². The van der Waals surface area contributed by atoms with E-state index in [1.54, 1.807) is 5.57 Å². The molecule has 6 aliphatic rings. The Balaban J connectivity index is 1.29. The molecule has 1 amide bonds. The number of hydrogen-bond acceptors (Lipinski definition) is 3. The molecule has 1 unspecified atom stereocenters. The van der Waals surface area contributed by atoms with Crippen LogP contribution in [-0.2, 0) is 9.53 Å². The molecule has 218 valence electrons. The van der Waals surface area contributed by atoms with Gasteiger partial charge in [0.15, 0.2) is 5.78 Å². The lowest BCUT2D eigenvalue weighted by atomic mass is 9.33. The van der Waals surface area contributed by atoms with Gasteiger partial charge in [0.05, 0.1) is 0 Å². The molecule has 0 heterocycles. The molecule has 0 spiro atoms. The van der Waals surface area contributed by atoms with E-state index >= 15 is 0 Å². The number of carbonyl (C=O) groups is 2. The highest BCUT2D eigenvalue weighted by atomic mass is 16.6. The van der Waals surface area contributed by atoms with Gasteiger partial charge in [-0.3, -0.25) is 4.79 Å². The van der Waals surface area contributed by atoms with Crippen molar-refractivity contribution in [3.8, 4) is 0 Å². The molecule has 6 rings (SSSR count). The number of rotatable bonds is 3. The summed E-state index contributed by atoms with van der Waals surface area (Å²) in [7, 11) is 0. The number of nitrogens with one attached hydrogen (secondary N) is 1. The van der Waals surface area contributed by atoms with Crippen molar-refractivity contribution < 1.29 is 14.3 Å². The highest BCUT2D eigenvalue weighted by molar-refractivity contribution is 6.00. The van der Waals surface area contributed by atoms with Crippen molar-refractivity contribution in [3.63, 3.8) is 0 Å². The van der Waals surface area contributed by atoms with Crippen molar-refractivity contribution >= 4 is 11.9 Å². The smallest absolute Gasteiger partial charge is 0.407 e. The van der Waals surface area contributed by atoms with Crippen molar-refractivity contribution in [2.75, 3.05) is 0 Å². The molecule has 5 fully saturated rings. The lowest BCUT2D eigenvalue weighted by Gasteiger charge is -2.72. The minimum atomic E-state index is -0.194. The molecule has 0 aromatic rings. The number of amides is 1. The van der Waals surface area contributed by atoms with Gasteiger partial charge in [0.1, 0.15) is 6.10 Å². The van der Waals surface area contributed by atoms with Crippen molar-refractivity contribution in [2.24, 2.45) is 50.7 Å². The first kappa shape index (κ1) is 27.8. The lowest BCUT2D eigenvalue weighted by Crippen LogP contribution is -2.66. The van der Waals surface area contributed by atoms with Gasteiger partial charge in [-0.1, -0.05) is 61.0 Å². The van der Waals surface area contributed by atoms with E-state index in [4.69, 9.17) is 4.74 Å². The van der Waals surface area contributed by atoms with Gasteiger partial charge < -0.3 is 10.1 Å². The number of allylic oxidation sites excluding steroid dienone is 2. The topological polar surface area (TPSA) is 55.4 Å². The third-order valence-corrected chi connectivity index (χ3v) is 14.4. The van der Waals surface area contributed by atoms with Crippen LogP contribution in [0.5, 0.6) is 0 Å². The zero-order chi connectivity index (χ0) is 28.2. The van der Waals surface area contributed by atoms with Gasteiger partial charge in [0, 0.05) is 12.5 Å². The van der Waals surface area contributed by atoms with Crippen LogP contribution < -0.4 is 5.32 Å². The van der Waals surface area contributed by atoms with E-state index in [0.717, 1.165) is 25.7 Å². The lowest BCUT2D eigenvalue weighted by molar-refractivity contribution is -0.215. The molecule has 0 aromatic carbocycles. The fraction of sp³-hybridized carbons (Fsp3) is 0.886. The number of Topliss-reactive ketones (excluding diaryl/α,β-unsaturated/α-hetero) is 1. The Labute approximate surface area is 237 Å². The van der Waals surface area contributed by atoms with E-state index in [-0.39, 0.29) is 45.3 Å². The molecule has 5 saturated carbocycles. The first-order valence-electron chi connectivity index (χ1n) is 16.4. The number of fused-ring (bicyclic) bond motifs is 7. The van der Waals surface area contributed by atoms with Gasteiger partial charge in [0.25, 0.3) is 0 Å². The van der Waals surface area contributed by atoms with Gasteiger partial charge in [-0.15, -0.1) is 0 Å². The van der Waals surface area contributed by atoms with Crippen LogP contribution in [0.25, 0.3) is 0 Å². The molecule has 0 aliphatic heterocycles. The minimum absolute atomic E-state index is 0.0427. The average Bonchev–Trinajstić information content (AvgIpc) is 3.09. The normalized spacial score (nSPS) is 47.1. The first-order chi connectivity index (χ1) is 18.2. The predicted octanol–water partition coefficient (Wildman–Crippen LogP) is 8.63. The molecule has 4 heteroatoms. The van der Waals surface area contributed by atoms with Crippen molar-refractivity contribution in [1.29, 1.82) is 0 Å². The van der Waals surface area contributed by atoms with E-state index in [1.807, 2.05) is 0 Å². The highest BCUT2D eigenvalue weighted by Crippen LogP contribution is 2.76. The molecule has 1 N–H and O–H groups in total. The summed E-state index contributed by atoms with van der Waals surface area (Å²) in [5.41, 5.74) is 3.73. The molecule has 39 heavy (non-hydrogen) atoms. The second-order valence-electron chi connectivity index (χ2n) is 16.8. The third-order valence-electron chi connectivity index (χ3n) is 14.4. The van der Waals surface area contributed by atoms with Crippen LogP contribution in [0.3, 0.4) is 0 Å². The number of ketones is 1. The molecule has 0 aromatic heterocycles. The highest BCUT2D eigenvalue weighted by Gasteiger charge is 2.69. The standard InChI is InChI=1S/C35H55NO3/c1-21(2)28-24(37)20-32(5)18-19-34(7)23(29(28)32)12-13-26-33(6)16-15-27(36-30(38)39-22-10-9-11-22)31(3,4)25(33)14-17-35(26,34)8/h21-23,25-27H,9-20H2,1-8H3,(H,36,38)/t23-,25+,26-,27?,32+,33+,34-,35-/m1/s1. The molecule has 6 aliphatic carbocycles. The van der Waals surface area contributed by atoms with Crippen molar-refractivity contribution in [3.05, 3.63) is 11.1 Å². The van der Waals surface area contributed by atoms with Gasteiger partial charge in [-0.05, 0) is 127 Å². The summed E-state index contributed by atoms with van der Waals surface area (Å²) < 4.78 is 5.72. The Kier molecular flexibility index (Phi) is 6.31. The zero-order valence-electron chi connectivity index (χ0n) is 26.2. The van der Waals surface area contributed by atoms with Gasteiger partial charge in [-0.2, -0.15) is 0 Å². The monoisotopic (exact) mass is 537 g/mol. The molecular weight excluding hydrogens is 482 g/mol. The molecular formula is C35H55NO3. The van der Waals surface area contributed by atoms with E-state index < -0.39 is 0 Å². The molecule has 8 atom stereocenters. The van der Waals surface area contributed by atoms with Crippen LogP contribution in [0, 0.1) is 50.7 Å². The predicted molar refractivity (Wildman–Crippen MR) is 156 cm³/mol. The van der Waals surface area contributed by atoms with E-state index in [1.165, 1.54) is 56.9 Å². The van der Waals surface area contributed by atoms with Crippen LogP contribution in [0.4, 0.5) is 4.79 Å². The number of ether oxygens (including phenoxy) is 1. The second-order valence-corrected chi connectivity index (χ2v) is 16.8. The van der Waals surface area contributed by atoms with Gasteiger partial charge in [-0.25, -0.2) is 4.79 Å². The van der Waals surface area contributed by atoms with Crippen LogP contribution >= 0.6 is 0 Å². The first-order valence-corrected chi connectivity index (χ1v) is 16.4. The third kappa shape index (κ3) is 3.73. The SMILES string of the molecule is CC(C)C1=C2[C@H]3CC[C@@H]4[C@@]5(C)CCC(NC(=O)OC6CCC6)C(C)(C)[C@@H]5CC[C@@]4(C)[C@]3(C)CC[C@@]2(C)CC1=O. The Bertz CT molecular complexity index is 1090. The quantitative estimate of drug-likeness (QED) is 0.392.